The lowest BCUT2D eigenvalue weighted by Crippen LogP contribution is -2.37. The highest BCUT2D eigenvalue weighted by atomic mass is 15.3. The molecule has 0 radical (unpaired) electrons. The van der Waals surface area contributed by atoms with Crippen LogP contribution in [0.4, 0.5) is 0 Å². The summed E-state index contributed by atoms with van der Waals surface area (Å²) in [6.45, 7) is 11.2. The van der Waals surface area contributed by atoms with Crippen molar-refractivity contribution in [2.24, 2.45) is 0 Å². The largest absolute Gasteiger partial charge is 0.313 e. The molecule has 0 aliphatic carbocycles. The van der Waals surface area contributed by atoms with Crippen LogP contribution < -0.4 is 5.32 Å². The van der Waals surface area contributed by atoms with Crippen LogP contribution >= 0.6 is 0 Å². The molecule has 0 spiro atoms. The van der Waals surface area contributed by atoms with E-state index in [0.29, 0.717) is 12.1 Å². The van der Waals surface area contributed by atoms with Crippen LogP contribution in [0.2, 0.25) is 0 Å². The Morgan fingerprint density at radius 1 is 1.38 bits per heavy atom. The molecule has 1 aromatic heterocycles. The van der Waals surface area contributed by atoms with Crippen molar-refractivity contribution in [1.29, 1.82) is 0 Å². The van der Waals surface area contributed by atoms with Crippen LogP contribution in [0.15, 0.2) is 12.3 Å². The molecule has 1 N–H and O–H groups in total. The molecule has 0 aromatic carbocycles. The lowest BCUT2D eigenvalue weighted by atomic mass is 10.2. The highest BCUT2D eigenvalue weighted by Crippen LogP contribution is 2.16. The molecule has 0 amide bonds. The number of aromatic nitrogens is 2. The molecule has 1 fully saturated rings. The van der Waals surface area contributed by atoms with E-state index >= 15 is 0 Å². The van der Waals surface area contributed by atoms with Crippen molar-refractivity contribution in [3.63, 3.8) is 0 Å². The lowest BCUT2D eigenvalue weighted by molar-refractivity contribution is 0.237. The molecule has 1 saturated heterocycles. The van der Waals surface area contributed by atoms with Crippen molar-refractivity contribution < 1.29 is 0 Å². The smallest absolute Gasteiger partial charge is 0.0764 e. The number of nitrogens with zero attached hydrogens (tertiary/aromatic N) is 3. The summed E-state index contributed by atoms with van der Waals surface area (Å²) in [5.74, 6) is 0. The van der Waals surface area contributed by atoms with Gasteiger partial charge in [0, 0.05) is 25.3 Å². The van der Waals surface area contributed by atoms with Crippen molar-refractivity contribution in [3.8, 4) is 0 Å². The van der Waals surface area contributed by atoms with E-state index in [4.69, 9.17) is 5.10 Å². The minimum absolute atomic E-state index is 0.551. The van der Waals surface area contributed by atoms with Gasteiger partial charge in [-0.3, -0.25) is 9.58 Å². The highest BCUT2D eigenvalue weighted by Gasteiger charge is 2.18. The van der Waals surface area contributed by atoms with Crippen LogP contribution in [0.1, 0.15) is 64.6 Å². The first-order chi connectivity index (χ1) is 10.3. The molecule has 0 bridgehead atoms. The number of hydrogen-bond donors (Lipinski definition) is 1. The Morgan fingerprint density at radius 2 is 2.19 bits per heavy atom. The van der Waals surface area contributed by atoms with E-state index in [-0.39, 0.29) is 0 Å². The second-order valence-electron chi connectivity index (χ2n) is 6.29. The molecule has 1 atom stereocenters. The maximum atomic E-state index is 4.80. The fraction of sp³-hybridized carbons (Fsp3) is 0.824. The zero-order valence-corrected chi connectivity index (χ0v) is 14.0. The van der Waals surface area contributed by atoms with Gasteiger partial charge in [0.25, 0.3) is 0 Å². The van der Waals surface area contributed by atoms with E-state index in [1.54, 1.807) is 0 Å². The maximum absolute atomic E-state index is 4.80. The average Bonchev–Trinajstić information content (AvgIpc) is 3.13. The third-order valence-electron chi connectivity index (χ3n) is 4.55. The van der Waals surface area contributed by atoms with Crippen molar-refractivity contribution in [2.45, 2.75) is 71.5 Å². The molecule has 4 heteroatoms. The van der Waals surface area contributed by atoms with Crippen LogP contribution in [-0.4, -0.2) is 40.4 Å². The average molecular weight is 292 g/mol. The number of nitrogens with one attached hydrogen (secondary N) is 1. The normalized spacial score (nSPS) is 19.0. The fourth-order valence-electron chi connectivity index (χ4n) is 3.33. The number of rotatable bonds is 9. The molecule has 1 aliphatic rings. The fourth-order valence-corrected chi connectivity index (χ4v) is 3.33. The van der Waals surface area contributed by atoms with Gasteiger partial charge in [0.2, 0.25) is 0 Å². The molecule has 0 saturated carbocycles. The van der Waals surface area contributed by atoms with Gasteiger partial charge in [-0.05, 0) is 51.3 Å². The predicted molar refractivity (Wildman–Crippen MR) is 88.4 cm³/mol. The minimum Gasteiger partial charge on any atom is -0.313 e. The van der Waals surface area contributed by atoms with Gasteiger partial charge in [0.1, 0.15) is 0 Å². The summed E-state index contributed by atoms with van der Waals surface area (Å²) in [5, 5.41) is 8.41. The molecule has 2 rings (SSSR count). The van der Waals surface area contributed by atoms with Gasteiger partial charge in [-0.15, -0.1) is 0 Å². The second-order valence-corrected chi connectivity index (χ2v) is 6.29. The monoisotopic (exact) mass is 292 g/mol. The Balaban J connectivity index is 1.92. The van der Waals surface area contributed by atoms with E-state index in [1.807, 2.05) is 0 Å². The highest BCUT2D eigenvalue weighted by molar-refractivity contribution is 5.00. The van der Waals surface area contributed by atoms with Crippen molar-refractivity contribution in [1.82, 2.24) is 20.0 Å². The van der Waals surface area contributed by atoms with Crippen molar-refractivity contribution in [2.75, 3.05) is 19.6 Å². The standard InChI is InChI=1S/C17H32N4/c1-4-11-20(13-15-8-7-10-18-15)14-16-9-12-21(19-16)17(5-2)6-3/h9,12,15,17-18H,4-8,10-11,13-14H2,1-3H3. The molecule has 4 nitrogen and oxygen atoms in total. The zero-order chi connectivity index (χ0) is 15.1. The van der Waals surface area contributed by atoms with Crippen molar-refractivity contribution in [3.05, 3.63) is 18.0 Å². The SMILES string of the molecule is CCCN(Cc1ccn(C(CC)CC)n1)CC1CCCN1. The van der Waals surface area contributed by atoms with Gasteiger partial charge in [-0.1, -0.05) is 20.8 Å². The van der Waals surface area contributed by atoms with Gasteiger partial charge in [-0.2, -0.15) is 5.10 Å². The van der Waals surface area contributed by atoms with E-state index < -0.39 is 0 Å². The summed E-state index contributed by atoms with van der Waals surface area (Å²) in [7, 11) is 0. The molecule has 1 aromatic rings. The Kier molecular flexibility index (Phi) is 6.71. The van der Waals surface area contributed by atoms with Gasteiger partial charge >= 0.3 is 0 Å². The number of hydrogen-bond acceptors (Lipinski definition) is 3. The first kappa shape index (κ1) is 16.5. The van der Waals surface area contributed by atoms with Crippen LogP contribution in [0, 0.1) is 0 Å². The summed E-state index contributed by atoms with van der Waals surface area (Å²) in [6, 6.07) is 3.43. The van der Waals surface area contributed by atoms with E-state index in [9.17, 15) is 0 Å². The molecular weight excluding hydrogens is 260 g/mol. The summed E-state index contributed by atoms with van der Waals surface area (Å²) >= 11 is 0. The molecule has 1 unspecified atom stereocenters. The zero-order valence-electron chi connectivity index (χ0n) is 14.0. The molecule has 120 valence electrons. The van der Waals surface area contributed by atoms with E-state index in [0.717, 1.165) is 32.5 Å². The third-order valence-corrected chi connectivity index (χ3v) is 4.55. The van der Waals surface area contributed by atoms with E-state index in [1.165, 1.54) is 31.5 Å². The van der Waals surface area contributed by atoms with Gasteiger partial charge in [-0.25, -0.2) is 0 Å². The first-order valence-corrected chi connectivity index (χ1v) is 8.76. The molecular formula is C17H32N4. The second kappa shape index (κ2) is 8.54. The van der Waals surface area contributed by atoms with E-state index in [2.05, 4.69) is 47.9 Å². The molecule has 1 aliphatic heterocycles. The minimum atomic E-state index is 0.551. The van der Waals surface area contributed by atoms with Crippen molar-refractivity contribution >= 4 is 0 Å². The first-order valence-electron chi connectivity index (χ1n) is 8.76. The van der Waals surface area contributed by atoms with Crippen LogP contribution in [-0.2, 0) is 6.54 Å². The van der Waals surface area contributed by atoms with Gasteiger partial charge in [0.05, 0.1) is 11.7 Å². The predicted octanol–water partition coefficient (Wildman–Crippen LogP) is 3.21. The summed E-state index contributed by atoms with van der Waals surface area (Å²) in [4.78, 5) is 2.56. The summed E-state index contributed by atoms with van der Waals surface area (Å²) in [5.41, 5.74) is 1.22. The lowest BCUT2D eigenvalue weighted by Gasteiger charge is -2.24. The Hall–Kier alpha value is -0.870. The van der Waals surface area contributed by atoms with Crippen LogP contribution in [0.3, 0.4) is 0 Å². The maximum Gasteiger partial charge on any atom is 0.0764 e. The Morgan fingerprint density at radius 3 is 2.81 bits per heavy atom. The molecule has 2 heterocycles. The summed E-state index contributed by atoms with van der Waals surface area (Å²) < 4.78 is 2.16. The molecule has 21 heavy (non-hydrogen) atoms. The van der Waals surface area contributed by atoms with Crippen LogP contribution in [0.5, 0.6) is 0 Å². The van der Waals surface area contributed by atoms with Gasteiger partial charge in [0.15, 0.2) is 0 Å². The Bertz CT molecular complexity index is 391. The Labute approximate surface area is 129 Å². The summed E-state index contributed by atoms with van der Waals surface area (Å²) in [6.07, 6.45) is 8.33. The van der Waals surface area contributed by atoms with Crippen LogP contribution in [0.25, 0.3) is 0 Å². The topological polar surface area (TPSA) is 33.1 Å². The quantitative estimate of drug-likeness (QED) is 0.758. The third kappa shape index (κ3) is 4.82. The van der Waals surface area contributed by atoms with Gasteiger partial charge < -0.3 is 5.32 Å².